The third-order valence-electron chi connectivity index (χ3n) is 6.44. The van der Waals surface area contributed by atoms with Crippen LogP contribution in [-0.4, -0.2) is 35.9 Å². The van der Waals surface area contributed by atoms with Gasteiger partial charge in [-0.25, -0.2) is 4.39 Å². The van der Waals surface area contributed by atoms with Crippen LogP contribution in [-0.2, 0) is 11.3 Å². The minimum Gasteiger partial charge on any atom is -0.375 e. The Kier molecular flexibility index (Phi) is 6.60. The van der Waals surface area contributed by atoms with Crippen LogP contribution in [0.15, 0.2) is 28.9 Å². The second-order valence-corrected chi connectivity index (χ2v) is 9.52. The topological polar surface area (TPSA) is 43.3 Å². The number of nitrogens with one attached hydrogen (secondary N) is 1. The lowest BCUT2D eigenvalue weighted by atomic mass is 9.97. The highest BCUT2D eigenvalue weighted by atomic mass is 79.9. The van der Waals surface area contributed by atoms with E-state index in [4.69, 9.17) is 4.74 Å². The molecule has 29 heavy (non-hydrogen) atoms. The summed E-state index contributed by atoms with van der Waals surface area (Å²) >= 11 is 3.60. The van der Waals surface area contributed by atoms with Crippen molar-refractivity contribution in [3.8, 4) is 0 Å². The molecule has 0 radical (unpaired) electrons. The number of hydrogen-bond acceptors (Lipinski definition) is 2. The fraction of sp³-hybridized carbons (Fsp3) is 0.609. The fourth-order valence-corrected chi connectivity index (χ4v) is 5.16. The normalized spacial score (nSPS) is 19.7. The van der Waals surface area contributed by atoms with Crippen molar-refractivity contribution in [2.24, 2.45) is 5.92 Å². The molecule has 4 rings (SSSR count). The first-order valence-corrected chi connectivity index (χ1v) is 11.7. The van der Waals surface area contributed by atoms with Crippen molar-refractivity contribution < 1.29 is 13.9 Å². The Labute approximate surface area is 180 Å². The molecule has 1 N–H and O–H groups in total. The van der Waals surface area contributed by atoms with Crippen molar-refractivity contribution >= 4 is 32.7 Å². The number of nitrogens with zero attached hydrogens (tertiary/aromatic N) is 1. The van der Waals surface area contributed by atoms with Gasteiger partial charge in [-0.1, -0.05) is 60.5 Å². The maximum absolute atomic E-state index is 14.4. The van der Waals surface area contributed by atoms with E-state index in [0.717, 1.165) is 27.7 Å². The number of rotatable bonds is 7. The zero-order chi connectivity index (χ0) is 20.3. The van der Waals surface area contributed by atoms with Crippen LogP contribution >= 0.6 is 15.9 Å². The van der Waals surface area contributed by atoms with Gasteiger partial charge in [-0.3, -0.25) is 4.79 Å². The van der Waals surface area contributed by atoms with Gasteiger partial charge in [-0.15, -0.1) is 0 Å². The lowest BCUT2D eigenvalue weighted by molar-refractivity contribution is -0.134. The summed E-state index contributed by atoms with van der Waals surface area (Å²) in [6.07, 6.45) is 11.2. The highest BCUT2D eigenvalue weighted by Crippen LogP contribution is 2.32. The number of halogens is 2. The Balaban J connectivity index is 1.44. The molecule has 0 bridgehead atoms. The molecule has 0 spiro atoms. The molecule has 2 aromatic rings. The first-order chi connectivity index (χ1) is 14.1. The van der Waals surface area contributed by atoms with Gasteiger partial charge in [0.1, 0.15) is 0 Å². The highest BCUT2D eigenvalue weighted by molar-refractivity contribution is 9.10. The second-order valence-electron chi connectivity index (χ2n) is 8.67. The number of aromatic nitrogens is 1. The van der Waals surface area contributed by atoms with Gasteiger partial charge in [-0.2, -0.15) is 0 Å². The number of amides is 1. The smallest absolute Gasteiger partial charge is 0.253 e. The molecule has 2 heterocycles. The highest BCUT2D eigenvalue weighted by Gasteiger charge is 2.38. The van der Waals surface area contributed by atoms with Crippen molar-refractivity contribution in [3.05, 3.63) is 34.4 Å². The number of carbonyl (C=O) groups excluding carboxylic acids is 1. The average Bonchev–Trinajstić information content (AvgIpc) is 2.87. The monoisotopic (exact) mass is 464 g/mol. The third kappa shape index (κ3) is 4.85. The van der Waals surface area contributed by atoms with Crippen molar-refractivity contribution in [1.29, 1.82) is 0 Å². The van der Waals surface area contributed by atoms with Crippen LogP contribution in [0.5, 0.6) is 0 Å². The Morgan fingerprint density at radius 3 is 2.69 bits per heavy atom. The SMILES string of the molecule is O=C(NCCC1CCCCCC1)c1cn(CCC2(F)COC2)c2cccc(Br)c12. The lowest BCUT2D eigenvalue weighted by Crippen LogP contribution is -2.46. The van der Waals surface area contributed by atoms with E-state index >= 15 is 0 Å². The molecule has 2 aliphatic rings. The van der Waals surface area contributed by atoms with Gasteiger partial charge >= 0.3 is 0 Å². The molecule has 0 unspecified atom stereocenters. The molecule has 1 aromatic heterocycles. The summed E-state index contributed by atoms with van der Waals surface area (Å²) in [5, 5.41) is 4.03. The predicted octanol–water partition coefficient (Wildman–Crippen LogP) is 5.62. The third-order valence-corrected chi connectivity index (χ3v) is 7.10. The summed E-state index contributed by atoms with van der Waals surface area (Å²) in [5.74, 6) is 0.688. The zero-order valence-electron chi connectivity index (χ0n) is 16.9. The summed E-state index contributed by atoms with van der Waals surface area (Å²) in [7, 11) is 0. The molecule has 0 atom stereocenters. The molecule has 6 heteroatoms. The number of carbonyl (C=O) groups is 1. The largest absolute Gasteiger partial charge is 0.375 e. The number of ether oxygens (including phenoxy) is 1. The fourth-order valence-electron chi connectivity index (χ4n) is 4.59. The van der Waals surface area contributed by atoms with Crippen molar-refractivity contribution in [2.45, 2.75) is 63.6 Å². The van der Waals surface area contributed by atoms with E-state index in [9.17, 15) is 9.18 Å². The Bertz CT molecular complexity index is 854. The molecule has 1 saturated heterocycles. The van der Waals surface area contributed by atoms with Crippen LogP contribution < -0.4 is 5.32 Å². The molecule has 1 aliphatic heterocycles. The van der Waals surface area contributed by atoms with E-state index in [2.05, 4.69) is 21.2 Å². The Hall–Kier alpha value is -1.40. The van der Waals surface area contributed by atoms with E-state index < -0.39 is 5.67 Å². The molecular weight excluding hydrogens is 435 g/mol. The van der Waals surface area contributed by atoms with Crippen LogP contribution in [0.1, 0.15) is 61.7 Å². The van der Waals surface area contributed by atoms with Crippen LogP contribution in [0.4, 0.5) is 4.39 Å². The predicted molar refractivity (Wildman–Crippen MR) is 117 cm³/mol. The Morgan fingerprint density at radius 1 is 1.24 bits per heavy atom. The van der Waals surface area contributed by atoms with Gasteiger partial charge in [0.2, 0.25) is 0 Å². The van der Waals surface area contributed by atoms with Crippen LogP contribution in [0.3, 0.4) is 0 Å². The lowest BCUT2D eigenvalue weighted by Gasteiger charge is -2.33. The summed E-state index contributed by atoms with van der Waals surface area (Å²) in [6.45, 7) is 1.59. The quantitative estimate of drug-likeness (QED) is 0.540. The van der Waals surface area contributed by atoms with Gasteiger partial charge in [0.25, 0.3) is 5.91 Å². The van der Waals surface area contributed by atoms with E-state index in [1.54, 1.807) is 0 Å². The van der Waals surface area contributed by atoms with Gasteiger partial charge in [0, 0.05) is 41.1 Å². The molecular formula is C23H30BrFN2O2. The molecule has 1 amide bonds. The maximum Gasteiger partial charge on any atom is 0.253 e. The van der Waals surface area contributed by atoms with E-state index in [1.165, 1.54) is 38.5 Å². The van der Waals surface area contributed by atoms with E-state index in [0.29, 0.717) is 25.1 Å². The zero-order valence-corrected chi connectivity index (χ0v) is 18.5. The Morgan fingerprint density at radius 2 is 2.00 bits per heavy atom. The summed E-state index contributed by atoms with van der Waals surface area (Å²) < 4.78 is 22.3. The first kappa shape index (κ1) is 20.9. The standard InChI is InChI=1S/C23H30BrFN2O2/c24-19-8-5-9-20-21(19)18(14-27(20)13-11-23(25)15-29-16-23)22(28)26-12-10-17-6-3-1-2-4-7-17/h5,8-9,14,17H,1-4,6-7,10-13,15-16H2,(H,26,28). The van der Waals surface area contributed by atoms with Crippen LogP contribution in [0.25, 0.3) is 10.9 Å². The van der Waals surface area contributed by atoms with E-state index in [-0.39, 0.29) is 19.1 Å². The van der Waals surface area contributed by atoms with Gasteiger partial charge in [0.15, 0.2) is 5.67 Å². The number of hydrogen-bond donors (Lipinski definition) is 1. The van der Waals surface area contributed by atoms with Crippen molar-refractivity contribution in [3.63, 3.8) is 0 Å². The average molecular weight is 465 g/mol. The number of alkyl halides is 1. The molecule has 1 aliphatic carbocycles. The van der Waals surface area contributed by atoms with Gasteiger partial charge in [0.05, 0.1) is 18.8 Å². The van der Waals surface area contributed by atoms with Crippen molar-refractivity contribution in [1.82, 2.24) is 9.88 Å². The molecule has 158 valence electrons. The maximum atomic E-state index is 14.4. The minimum absolute atomic E-state index is 0.0452. The number of fused-ring (bicyclic) bond motifs is 1. The molecule has 2 fully saturated rings. The molecule has 4 nitrogen and oxygen atoms in total. The van der Waals surface area contributed by atoms with Crippen LogP contribution in [0.2, 0.25) is 0 Å². The van der Waals surface area contributed by atoms with Crippen LogP contribution in [0, 0.1) is 5.92 Å². The summed E-state index contributed by atoms with van der Waals surface area (Å²) in [6, 6.07) is 5.89. The first-order valence-electron chi connectivity index (χ1n) is 10.9. The molecule has 1 saturated carbocycles. The molecule has 1 aromatic carbocycles. The van der Waals surface area contributed by atoms with Crippen molar-refractivity contribution in [2.75, 3.05) is 19.8 Å². The summed E-state index contributed by atoms with van der Waals surface area (Å²) in [4.78, 5) is 13.0. The van der Waals surface area contributed by atoms with Gasteiger partial charge < -0.3 is 14.6 Å². The second kappa shape index (κ2) is 9.17. The summed E-state index contributed by atoms with van der Waals surface area (Å²) in [5.41, 5.74) is 0.382. The number of benzene rings is 1. The van der Waals surface area contributed by atoms with Gasteiger partial charge in [-0.05, 0) is 24.5 Å². The van der Waals surface area contributed by atoms with E-state index in [1.807, 2.05) is 29.0 Å². The number of aryl methyl sites for hydroxylation is 1. The minimum atomic E-state index is -1.23.